The van der Waals surface area contributed by atoms with Crippen LogP contribution in [-0.4, -0.2) is 60.5 Å². The molecule has 0 heterocycles. The predicted octanol–water partition coefficient (Wildman–Crippen LogP) is 13.6. The van der Waals surface area contributed by atoms with Crippen LogP contribution >= 0.6 is 7.82 Å². The lowest BCUT2D eigenvalue weighted by Crippen LogP contribution is -2.29. The van der Waals surface area contributed by atoms with E-state index in [-0.39, 0.29) is 32.6 Å². The van der Waals surface area contributed by atoms with Gasteiger partial charge >= 0.3 is 19.8 Å². The van der Waals surface area contributed by atoms with Gasteiger partial charge in [0.15, 0.2) is 6.10 Å². The zero-order valence-electron chi connectivity index (χ0n) is 39.2. The van der Waals surface area contributed by atoms with Gasteiger partial charge < -0.3 is 25.2 Å². The molecule has 0 amide bonds. The number of rotatable bonds is 45. The standard InChI is InChI=1S/C51H90NO9P/c1-3-5-7-9-11-13-15-17-18-19-20-21-22-23-24-26-28-30-32-34-38-43-51(55)61-49(47-60-62(56,57)59-45-44-52)46-58-50(54)42-39-35-37-41-48(53)40-36-33-31-29-27-25-16-14-12-10-8-6-4-2/h6,8,12,14,25,27,31,33,35-37,40,48-49,53H,3-5,7,9-11,13,15-24,26,28-30,32,34,38-39,41-47,52H2,1-2H3,(H,56,57)/b8-6-,14-12-,27-25-,33-31-,37-35-,40-36-/t48?,49-/m1/s1. The van der Waals surface area contributed by atoms with Gasteiger partial charge in [-0.05, 0) is 44.9 Å². The van der Waals surface area contributed by atoms with Crippen LogP contribution in [-0.2, 0) is 32.7 Å². The highest BCUT2D eigenvalue weighted by molar-refractivity contribution is 7.47. The Morgan fingerprint density at radius 1 is 0.581 bits per heavy atom. The number of nitrogens with two attached hydrogens (primary N) is 1. The molecule has 0 aliphatic carbocycles. The number of hydrogen-bond donors (Lipinski definition) is 3. The summed E-state index contributed by atoms with van der Waals surface area (Å²) in [5.41, 5.74) is 5.35. The molecule has 0 aliphatic heterocycles. The van der Waals surface area contributed by atoms with E-state index in [4.69, 9.17) is 24.3 Å². The number of phosphoric ester groups is 1. The molecule has 10 nitrogen and oxygen atoms in total. The maximum atomic E-state index is 12.6. The molecule has 0 aromatic carbocycles. The van der Waals surface area contributed by atoms with E-state index in [2.05, 4.69) is 50.3 Å². The molecule has 0 bridgehead atoms. The molecule has 358 valence electrons. The van der Waals surface area contributed by atoms with Gasteiger partial charge in [0.05, 0.1) is 19.3 Å². The molecule has 0 radical (unpaired) electrons. The van der Waals surface area contributed by atoms with Crippen LogP contribution in [0.1, 0.15) is 200 Å². The number of phosphoric acid groups is 1. The van der Waals surface area contributed by atoms with E-state index in [1.165, 1.54) is 109 Å². The molecule has 0 spiro atoms. The Labute approximate surface area is 378 Å². The highest BCUT2D eigenvalue weighted by atomic mass is 31.2. The van der Waals surface area contributed by atoms with Gasteiger partial charge in [-0.1, -0.05) is 215 Å². The number of ether oxygens (including phenoxy) is 2. The van der Waals surface area contributed by atoms with Gasteiger partial charge in [-0.3, -0.25) is 18.6 Å². The van der Waals surface area contributed by atoms with Gasteiger partial charge in [-0.2, -0.15) is 0 Å². The van der Waals surface area contributed by atoms with Crippen LogP contribution in [0.5, 0.6) is 0 Å². The first-order valence-corrected chi connectivity index (χ1v) is 26.0. The number of hydrogen-bond acceptors (Lipinski definition) is 9. The Bertz CT molecular complexity index is 1260. The lowest BCUT2D eigenvalue weighted by molar-refractivity contribution is -0.161. The minimum absolute atomic E-state index is 0.0274. The summed E-state index contributed by atoms with van der Waals surface area (Å²) in [5.74, 6) is -1.01. The molecular formula is C51H90NO9P. The van der Waals surface area contributed by atoms with Crippen molar-refractivity contribution >= 4 is 19.8 Å². The van der Waals surface area contributed by atoms with Crippen molar-refractivity contribution < 1.29 is 42.7 Å². The molecule has 2 unspecified atom stereocenters. The fraction of sp³-hybridized carbons (Fsp3) is 0.725. The smallest absolute Gasteiger partial charge is 0.462 e. The molecule has 0 saturated heterocycles. The second-order valence-electron chi connectivity index (χ2n) is 16.2. The normalized spacial score (nSPS) is 14.3. The molecule has 0 rings (SSSR count). The number of aliphatic hydroxyl groups is 1. The summed E-state index contributed by atoms with van der Waals surface area (Å²) in [6.45, 7) is 3.43. The summed E-state index contributed by atoms with van der Waals surface area (Å²) in [4.78, 5) is 35.0. The second kappa shape index (κ2) is 46.4. The Hall–Kier alpha value is -2.59. The maximum Gasteiger partial charge on any atom is 0.472 e. The van der Waals surface area contributed by atoms with E-state index in [0.717, 1.165) is 44.9 Å². The molecule has 0 aromatic heterocycles. The van der Waals surface area contributed by atoms with Crippen molar-refractivity contribution in [3.63, 3.8) is 0 Å². The van der Waals surface area contributed by atoms with Crippen LogP contribution in [0, 0.1) is 0 Å². The Morgan fingerprint density at radius 2 is 1.08 bits per heavy atom. The first-order chi connectivity index (χ1) is 30.2. The second-order valence-corrected chi connectivity index (χ2v) is 17.6. The van der Waals surface area contributed by atoms with Crippen molar-refractivity contribution in [1.82, 2.24) is 0 Å². The number of esters is 2. The topological polar surface area (TPSA) is 155 Å². The largest absolute Gasteiger partial charge is 0.472 e. The van der Waals surface area contributed by atoms with Gasteiger partial charge in [0.25, 0.3) is 0 Å². The minimum atomic E-state index is -4.42. The number of aliphatic hydroxyl groups excluding tert-OH is 1. The van der Waals surface area contributed by atoms with Gasteiger partial charge in [0, 0.05) is 19.4 Å². The quantitative estimate of drug-likeness (QED) is 0.0177. The zero-order valence-corrected chi connectivity index (χ0v) is 40.1. The van der Waals surface area contributed by atoms with Crippen molar-refractivity contribution in [2.45, 2.75) is 212 Å². The number of carbonyl (C=O) groups is 2. The third kappa shape index (κ3) is 45.4. The van der Waals surface area contributed by atoms with Crippen LogP contribution in [0.4, 0.5) is 0 Å². The molecule has 0 saturated carbocycles. The fourth-order valence-corrected chi connectivity index (χ4v) is 7.33. The highest BCUT2D eigenvalue weighted by Crippen LogP contribution is 2.43. The van der Waals surface area contributed by atoms with Crippen LogP contribution < -0.4 is 5.73 Å². The van der Waals surface area contributed by atoms with Crippen molar-refractivity contribution in [3.8, 4) is 0 Å². The van der Waals surface area contributed by atoms with Crippen molar-refractivity contribution in [3.05, 3.63) is 72.9 Å². The first-order valence-electron chi connectivity index (χ1n) is 24.5. The zero-order chi connectivity index (χ0) is 45.5. The fourth-order valence-electron chi connectivity index (χ4n) is 6.57. The summed E-state index contributed by atoms with van der Waals surface area (Å²) in [6, 6.07) is 0. The first kappa shape index (κ1) is 59.4. The van der Waals surface area contributed by atoms with E-state index >= 15 is 0 Å². The molecule has 11 heteroatoms. The molecule has 0 fully saturated rings. The van der Waals surface area contributed by atoms with E-state index in [9.17, 15) is 24.2 Å². The Balaban J connectivity index is 4.25. The van der Waals surface area contributed by atoms with Crippen LogP contribution in [0.2, 0.25) is 0 Å². The minimum Gasteiger partial charge on any atom is -0.462 e. The van der Waals surface area contributed by atoms with Crippen molar-refractivity contribution in [2.75, 3.05) is 26.4 Å². The molecule has 3 atom stereocenters. The highest BCUT2D eigenvalue weighted by Gasteiger charge is 2.26. The van der Waals surface area contributed by atoms with Crippen LogP contribution in [0.25, 0.3) is 0 Å². The molecule has 0 aliphatic rings. The average Bonchev–Trinajstić information content (AvgIpc) is 3.25. The van der Waals surface area contributed by atoms with E-state index < -0.39 is 38.6 Å². The van der Waals surface area contributed by atoms with Crippen LogP contribution in [0.3, 0.4) is 0 Å². The average molecular weight is 892 g/mol. The SMILES string of the molecule is CC/C=C\C/C=C\C/C=C\C/C=C\C=C/C(O)C/C=C\CCC(=O)OC[C@H](COP(=O)(O)OCCN)OC(=O)CCCCCCCCCCCCCCCCCCCCCCC. The number of carbonyl (C=O) groups excluding carboxylic acids is 2. The lowest BCUT2D eigenvalue weighted by atomic mass is 10.0. The van der Waals surface area contributed by atoms with Gasteiger partial charge in [0.1, 0.15) is 6.61 Å². The van der Waals surface area contributed by atoms with Crippen molar-refractivity contribution in [2.24, 2.45) is 5.73 Å². The number of unbranched alkanes of at least 4 members (excludes halogenated alkanes) is 20. The van der Waals surface area contributed by atoms with Crippen molar-refractivity contribution in [1.29, 1.82) is 0 Å². The number of allylic oxidation sites excluding steroid dienone is 10. The van der Waals surface area contributed by atoms with Crippen LogP contribution in [0.15, 0.2) is 72.9 Å². The molecular weight excluding hydrogens is 802 g/mol. The summed E-state index contributed by atoms with van der Waals surface area (Å²) < 4.78 is 32.7. The van der Waals surface area contributed by atoms with E-state index in [0.29, 0.717) is 19.3 Å². The summed E-state index contributed by atoms with van der Waals surface area (Å²) >= 11 is 0. The van der Waals surface area contributed by atoms with Gasteiger partial charge in [-0.25, -0.2) is 4.57 Å². The Kier molecular flexibility index (Phi) is 44.5. The monoisotopic (exact) mass is 892 g/mol. The molecule has 4 N–H and O–H groups in total. The van der Waals surface area contributed by atoms with E-state index in [1.54, 1.807) is 18.2 Å². The molecule has 0 aromatic rings. The Morgan fingerprint density at radius 3 is 1.60 bits per heavy atom. The van der Waals surface area contributed by atoms with E-state index in [1.807, 2.05) is 18.2 Å². The lowest BCUT2D eigenvalue weighted by Gasteiger charge is -2.19. The predicted molar refractivity (Wildman–Crippen MR) is 258 cm³/mol. The third-order valence-electron chi connectivity index (χ3n) is 10.2. The summed E-state index contributed by atoms with van der Waals surface area (Å²) in [7, 11) is -4.42. The maximum absolute atomic E-state index is 12.6. The molecule has 62 heavy (non-hydrogen) atoms. The summed E-state index contributed by atoms with van der Waals surface area (Å²) in [5, 5.41) is 10.2. The van der Waals surface area contributed by atoms with Gasteiger partial charge in [-0.15, -0.1) is 0 Å². The van der Waals surface area contributed by atoms with Gasteiger partial charge in [0.2, 0.25) is 0 Å². The summed E-state index contributed by atoms with van der Waals surface area (Å²) in [6.07, 6.45) is 54.0. The third-order valence-corrected chi connectivity index (χ3v) is 11.2.